The van der Waals surface area contributed by atoms with Gasteiger partial charge >= 0.3 is 0 Å². The molecule has 1 saturated carbocycles. The zero-order chi connectivity index (χ0) is 21.3. The zero-order valence-corrected chi connectivity index (χ0v) is 17.2. The summed E-state index contributed by atoms with van der Waals surface area (Å²) in [6.07, 6.45) is 2.08. The van der Waals surface area contributed by atoms with E-state index < -0.39 is 17.7 Å². The first kappa shape index (κ1) is 20.6. The number of anilines is 1. The predicted molar refractivity (Wildman–Crippen MR) is 110 cm³/mol. The Labute approximate surface area is 170 Å². The van der Waals surface area contributed by atoms with Crippen LogP contribution < -0.4 is 11.1 Å². The molecule has 1 heterocycles. The van der Waals surface area contributed by atoms with Gasteiger partial charge in [0.25, 0.3) is 5.91 Å². The second-order valence-corrected chi connectivity index (χ2v) is 7.80. The highest BCUT2D eigenvalue weighted by Crippen LogP contribution is 2.37. The molecule has 3 rings (SSSR count). The van der Waals surface area contributed by atoms with E-state index in [4.69, 9.17) is 5.73 Å². The van der Waals surface area contributed by atoms with E-state index in [0.717, 1.165) is 22.3 Å². The maximum atomic E-state index is 13.0. The smallest absolute Gasteiger partial charge is 0.273 e. The number of nitrogens with one attached hydrogen (secondary N) is 1. The second-order valence-electron chi connectivity index (χ2n) is 7.80. The van der Waals surface area contributed by atoms with E-state index in [0.29, 0.717) is 12.1 Å². The van der Waals surface area contributed by atoms with Crippen LogP contribution in [0.25, 0.3) is 0 Å². The number of rotatable bonds is 5. The zero-order valence-electron chi connectivity index (χ0n) is 17.2. The molecule has 0 aliphatic heterocycles. The van der Waals surface area contributed by atoms with Gasteiger partial charge in [0, 0.05) is 25.1 Å². The Bertz CT molecular complexity index is 977. The molecule has 0 saturated heterocycles. The van der Waals surface area contributed by atoms with Gasteiger partial charge in [0.05, 0.1) is 5.69 Å². The summed E-state index contributed by atoms with van der Waals surface area (Å²) in [6.45, 7) is 7.88. The van der Waals surface area contributed by atoms with Crippen molar-refractivity contribution in [1.82, 2.24) is 15.3 Å². The summed E-state index contributed by atoms with van der Waals surface area (Å²) in [4.78, 5) is 45.9. The number of benzene rings is 1. The summed E-state index contributed by atoms with van der Waals surface area (Å²) in [5, 5.41) is 2.72. The summed E-state index contributed by atoms with van der Waals surface area (Å²) >= 11 is 0. The van der Waals surface area contributed by atoms with E-state index in [1.165, 1.54) is 6.20 Å². The van der Waals surface area contributed by atoms with Crippen LogP contribution in [0.4, 0.5) is 5.82 Å². The molecule has 2 aromatic rings. The molecule has 29 heavy (non-hydrogen) atoms. The van der Waals surface area contributed by atoms with Gasteiger partial charge in [0.2, 0.25) is 0 Å². The number of nitrogens with zero attached hydrogens (tertiary/aromatic N) is 2. The fraction of sp³-hybridized carbons (Fsp3) is 0.409. The molecule has 0 spiro atoms. The molecule has 1 aromatic heterocycles. The largest absolute Gasteiger partial charge is 0.382 e. The first-order valence-corrected chi connectivity index (χ1v) is 9.70. The summed E-state index contributed by atoms with van der Waals surface area (Å²) in [5.74, 6) is -1.57. The second kappa shape index (κ2) is 8.11. The molecule has 7 heteroatoms. The van der Waals surface area contributed by atoms with Gasteiger partial charge in [-0.25, -0.2) is 9.97 Å². The number of carbonyl (C=O) groups is 3. The Hall–Kier alpha value is -3.09. The minimum atomic E-state index is -0.699. The van der Waals surface area contributed by atoms with Gasteiger partial charge in [0.15, 0.2) is 17.3 Å². The molecule has 7 nitrogen and oxygen atoms in total. The number of Topliss-reactive ketones (excluding diaryl/α,β-unsaturated/α-hetero) is 2. The van der Waals surface area contributed by atoms with Gasteiger partial charge in [-0.2, -0.15) is 0 Å². The SMILES string of the molecule is Cc1cc(C)c(C2C(=O)CC(CCNC(=O)c3ncc(C)nc3N)C2=O)c(C)c1. The molecule has 0 bridgehead atoms. The quantitative estimate of drug-likeness (QED) is 0.752. The average Bonchev–Trinajstić information content (AvgIpc) is 2.89. The molecular weight excluding hydrogens is 368 g/mol. The minimum Gasteiger partial charge on any atom is -0.382 e. The van der Waals surface area contributed by atoms with Gasteiger partial charge < -0.3 is 11.1 Å². The summed E-state index contributed by atoms with van der Waals surface area (Å²) < 4.78 is 0. The van der Waals surface area contributed by atoms with Crippen molar-refractivity contribution in [2.75, 3.05) is 12.3 Å². The van der Waals surface area contributed by atoms with E-state index in [9.17, 15) is 14.4 Å². The third-order valence-corrected chi connectivity index (χ3v) is 5.40. The fourth-order valence-corrected chi connectivity index (χ4v) is 4.16. The number of aryl methyl sites for hydroxylation is 4. The van der Waals surface area contributed by atoms with Crippen LogP contribution in [0.15, 0.2) is 18.3 Å². The Morgan fingerprint density at radius 3 is 2.45 bits per heavy atom. The molecule has 2 unspecified atom stereocenters. The summed E-state index contributed by atoms with van der Waals surface area (Å²) in [6, 6.07) is 4.01. The monoisotopic (exact) mass is 394 g/mol. The van der Waals surface area contributed by atoms with E-state index in [-0.39, 0.29) is 36.0 Å². The van der Waals surface area contributed by atoms with Crippen molar-refractivity contribution < 1.29 is 14.4 Å². The number of nitrogens with two attached hydrogens (primary N) is 1. The first-order valence-electron chi connectivity index (χ1n) is 9.70. The van der Waals surface area contributed by atoms with E-state index >= 15 is 0 Å². The van der Waals surface area contributed by atoms with Crippen LogP contribution in [-0.2, 0) is 9.59 Å². The number of carbonyl (C=O) groups excluding carboxylic acids is 3. The van der Waals surface area contributed by atoms with Crippen LogP contribution in [0.5, 0.6) is 0 Å². The molecular formula is C22H26N4O3. The Kier molecular flexibility index (Phi) is 5.77. The maximum absolute atomic E-state index is 13.0. The fourth-order valence-electron chi connectivity index (χ4n) is 4.16. The predicted octanol–water partition coefficient (Wildman–Crippen LogP) is 2.35. The molecule has 3 N–H and O–H groups in total. The number of ketones is 2. The lowest BCUT2D eigenvalue weighted by molar-refractivity contribution is -0.124. The summed E-state index contributed by atoms with van der Waals surface area (Å²) in [5.41, 5.74) is 10.3. The molecule has 2 atom stereocenters. The van der Waals surface area contributed by atoms with E-state index in [2.05, 4.69) is 15.3 Å². The number of aromatic nitrogens is 2. The van der Waals surface area contributed by atoms with Gasteiger partial charge in [-0.3, -0.25) is 14.4 Å². The molecule has 1 aromatic carbocycles. The van der Waals surface area contributed by atoms with Gasteiger partial charge in [0.1, 0.15) is 11.7 Å². The topological polar surface area (TPSA) is 115 Å². The van der Waals surface area contributed by atoms with E-state index in [1.54, 1.807) is 6.92 Å². The highest BCUT2D eigenvalue weighted by Gasteiger charge is 2.42. The molecule has 1 aliphatic rings. The standard InChI is InChI=1S/C22H26N4O3/c1-11-7-12(2)17(13(3)8-11)18-16(27)9-15(20(18)28)5-6-24-22(29)19-21(23)26-14(4)10-25-19/h7-8,10,15,18H,5-6,9H2,1-4H3,(H2,23,26)(H,24,29). The van der Waals surface area contributed by atoms with Crippen LogP contribution in [-0.4, -0.2) is 34.0 Å². The van der Waals surface area contributed by atoms with Crippen molar-refractivity contribution in [3.8, 4) is 0 Å². The van der Waals surface area contributed by atoms with Crippen LogP contribution in [0.2, 0.25) is 0 Å². The summed E-state index contributed by atoms with van der Waals surface area (Å²) in [7, 11) is 0. The lowest BCUT2D eigenvalue weighted by Gasteiger charge is -2.16. The molecule has 152 valence electrons. The van der Waals surface area contributed by atoms with Crippen molar-refractivity contribution in [2.45, 2.75) is 46.5 Å². The Morgan fingerprint density at radius 2 is 1.83 bits per heavy atom. The van der Waals surface area contributed by atoms with Crippen molar-refractivity contribution in [2.24, 2.45) is 5.92 Å². The van der Waals surface area contributed by atoms with Crippen molar-refractivity contribution in [1.29, 1.82) is 0 Å². The normalized spacial score (nSPS) is 18.9. The average molecular weight is 394 g/mol. The third kappa shape index (κ3) is 4.18. The number of amides is 1. The maximum Gasteiger partial charge on any atom is 0.273 e. The Balaban J connectivity index is 1.66. The lowest BCUT2D eigenvalue weighted by atomic mass is 9.86. The first-order chi connectivity index (χ1) is 13.7. The number of hydrogen-bond donors (Lipinski definition) is 2. The minimum absolute atomic E-state index is 0.0463. The van der Waals surface area contributed by atoms with Crippen LogP contribution in [0, 0.1) is 33.6 Å². The third-order valence-electron chi connectivity index (χ3n) is 5.40. The molecule has 1 amide bonds. The Morgan fingerprint density at radius 1 is 1.17 bits per heavy atom. The highest BCUT2D eigenvalue weighted by molar-refractivity contribution is 6.15. The number of nitrogen functional groups attached to an aromatic ring is 1. The molecule has 1 fully saturated rings. The highest BCUT2D eigenvalue weighted by atomic mass is 16.2. The lowest BCUT2D eigenvalue weighted by Crippen LogP contribution is -2.29. The number of hydrogen-bond acceptors (Lipinski definition) is 6. The van der Waals surface area contributed by atoms with Crippen molar-refractivity contribution >= 4 is 23.3 Å². The van der Waals surface area contributed by atoms with Gasteiger partial charge in [-0.1, -0.05) is 17.7 Å². The van der Waals surface area contributed by atoms with Crippen molar-refractivity contribution in [3.63, 3.8) is 0 Å². The van der Waals surface area contributed by atoms with Crippen LogP contribution in [0.3, 0.4) is 0 Å². The van der Waals surface area contributed by atoms with Crippen LogP contribution >= 0.6 is 0 Å². The van der Waals surface area contributed by atoms with Crippen LogP contribution in [0.1, 0.15) is 57.2 Å². The molecule has 1 aliphatic carbocycles. The van der Waals surface area contributed by atoms with E-state index in [1.807, 2.05) is 32.9 Å². The van der Waals surface area contributed by atoms with Crippen molar-refractivity contribution in [3.05, 3.63) is 52.0 Å². The van der Waals surface area contributed by atoms with Gasteiger partial charge in [-0.05, 0) is 50.8 Å². The van der Waals surface area contributed by atoms with Gasteiger partial charge in [-0.15, -0.1) is 0 Å². The molecule has 0 radical (unpaired) electrons.